The third-order valence-corrected chi connectivity index (χ3v) is 2.43. The predicted molar refractivity (Wildman–Crippen MR) is 70.6 cm³/mol. The van der Waals surface area contributed by atoms with E-state index < -0.39 is 5.82 Å². The highest BCUT2D eigenvalue weighted by Gasteiger charge is 2.06. The van der Waals surface area contributed by atoms with Crippen molar-refractivity contribution in [3.8, 4) is 17.6 Å². The van der Waals surface area contributed by atoms with Crippen LogP contribution in [-0.4, -0.2) is 25.7 Å². The topological polar surface area (TPSA) is 18.5 Å². The summed E-state index contributed by atoms with van der Waals surface area (Å²) in [6, 6.07) is 4.62. The van der Waals surface area contributed by atoms with Gasteiger partial charge in [-0.25, -0.2) is 4.39 Å². The van der Waals surface area contributed by atoms with Crippen molar-refractivity contribution >= 4 is 11.6 Å². The van der Waals surface area contributed by atoms with E-state index in [-0.39, 0.29) is 12.0 Å². The molecule has 0 radical (unpaired) electrons. The molecule has 18 heavy (non-hydrogen) atoms. The molecule has 0 heterocycles. The van der Waals surface area contributed by atoms with Crippen LogP contribution in [0.15, 0.2) is 18.2 Å². The molecule has 0 spiro atoms. The molecule has 1 aromatic carbocycles. The van der Waals surface area contributed by atoms with E-state index in [9.17, 15) is 4.39 Å². The molecule has 0 saturated heterocycles. The average Bonchev–Trinajstić information content (AvgIpc) is 2.35. The monoisotopic (exact) mass is 270 g/mol. The number of benzene rings is 1. The van der Waals surface area contributed by atoms with Crippen LogP contribution in [-0.2, 0) is 4.74 Å². The lowest BCUT2D eigenvalue weighted by molar-refractivity contribution is 0.135. The Kier molecular flexibility index (Phi) is 6.56. The summed E-state index contributed by atoms with van der Waals surface area (Å²) in [5.74, 6) is 5.54. The van der Waals surface area contributed by atoms with Crippen molar-refractivity contribution in [1.82, 2.24) is 0 Å². The van der Waals surface area contributed by atoms with Gasteiger partial charge < -0.3 is 9.47 Å². The number of halogens is 2. The van der Waals surface area contributed by atoms with Gasteiger partial charge in [-0.2, -0.15) is 0 Å². The lowest BCUT2D eigenvalue weighted by Crippen LogP contribution is -2.14. The van der Waals surface area contributed by atoms with Gasteiger partial charge in [-0.1, -0.05) is 11.8 Å². The molecule has 1 unspecified atom stereocenters. The van der Waals surface area contributed by atoms with Gasteiger partial charge in [-0.3, -0.25) is 0 Å². The molecule has 0 aromatic heterocycles. The van der Waals surface area contributed by atoms with Crippen LogP contribution in [0.3, 0.4) is 0 Å². The molecule has 1 atom stereocenters. The largest absolute Gasteiger partial charge is 0.491 e. The Morgan fingerprint density at radius 1 is 1.44 bits per heavy atom. The molecule has 1 rings (SSSR count). The zero-order chi connectivity index (χ0) is 13.4. The van der Waals surface area contributed by atoms with Gasteiger partial charge in [-0.05, 0) is 19.1 Å². The Labute approximate surface area is 112 Å². The number of hydrogen-bond donors (Lipinski definition) is 0. The van der Waals surface area contributed by atoms with Crippen LogP contribution in [0.1, 0.15) is 18.9 Å². The minimum atomic E-state index is -0.399. The fourth-order valence-electron chi connectivity index (χ4n) is 1.37. The second-order valence-electron chi connectivity index (χ2n) is 3.79. The lowest BCUT2D eigenvalue weighted by atomic mass is 10.2. The van der Waals surface area contributed by atoms with Gasteiger partial charge in [0.15, 0.2) is 0 Å². The van der Waals surface area contributed by atoms with Gasteiger partial charge in [0, 0.05) is 26.2 Å². The minimum Gasteiger partial charge on any atom is -0.491 e. The summed E-state index contributed by atoms with van der Waals surface area (Å²) in [6.45, 7) is 2.53. The predicted octanol–water partition coefficient (Wildman–Crippen LogP) is 3.22. The van der Waals surface area contributed by atoms with Crippen LogP contribution in [0.4, 0.5) is 4.39 Å². The molecular weight excluding hydrogens is 255 g/mol. The highest BCUT2D eigenvalue weighted by Crippen LogP contribution is 2.18. The van der Waals surface area contributed by atoms with Gasteiger partial charge >= 0.3 is 0 Å². The van der Waals surface area contributed by atoms with Crippen LogP contribution in [0.25, 0.3) is 0 Å². The van der Waals surface area contributed by atoms with Gasteiger partial charge in [-0.15, -0.1) is 11.6 Å². The van der Waals surface area contributed by atoms with Crippen molar-refractivity contribution in [3.63, 3.8) is 0 Å². The van der Waals surface area contributed by atoms with Gasteiger partial charge in [0.2, 0.25) is 0 Å². The molecule has 98 valence electrons. The highest BCUT2D eigenvalue weighted by atomic mass is 35.5. The van der Waals surface area contributed by atoms with Crippen LogP contribution in [0.5, 0.6) is 5.75 Å². The Morgan fingerprint density at radius 2 is 2.22 bits per heavy atom. The van der Waals surface area contributed by atoms with E-state index in [1.807, 2.05) is 6.92 Å². The van der Waals surface area contributed by atoms with E-state index in [0.29, 0.717) is 17.9 Å². The summed E-state index contributed by atoms with van der Waals surface area (Å²) in [4.78, 5) is 0. The first kappa shape index (κ1) is 14.8. The Bertz CT molecular complexity index is 437. The second kappa shape index (κ2) is 7.97. The van der Waals surface area contributed by atoms with E-state index in [0.717, 1.165) is 6.42 Å². The van der Waals surface area contributed by atoms with E-state index in [2.05, 4.69) is 11.8 Å². The van der Waals surface area contributed by atoms with E-state index >= 15 is 0 Å². The Morgan fingerprint density at radius 3 is 2.83 bits per heavy atom. The van der Waals surface area contributed by atoms with Crippen LogP contribution in [0, 0.1) is 17.7 Å². The summed E-state index contributed by atoms with van der Waals surface area (Å²) in [6.07, 6.45) is 0.732. The molecule has 0 aliphatic carbocycles. The zero-order valence-corrected chi connectivity index (χ0v) is 11.3. The molecule has 1 aromatic rings. The molecule has 0 amide bonds. The van der Waals surface area contributed by atoms with E-state index in [4.69, 9.17) is 21.1 Å². The molecule has 0 aliphatic rings. The molecule has 0 N–H and O–H groups in total. The SMILES string of the molecule is COCCC(C)Oc1ccc(C#CCCl)c(F)c1. The van der Waals surface area contributed by atoms with Crippen LogP contribution >= 0.6 is 11.6 Å². The summed E-state index contributed by atoms with van der Waals surface area (Å²) in [7, 11) is 1.64. The number of ether oxygens (including phenoxy) is 2. The van der Waals surface area contributed by atoms with E-state index in [1.54, 1.807) is 19.2 Å². The quantitative estimate of drug-likeness (QED) is 0.604. The first-order valence-electron chi connectivity index (χ1n) is 5.67. The van der Waals surface area contributed by atoms with Crippen molar-refractivity contribution in [1.29, 1.82) is 0 Å². The smallest absolute Gasteiger partial charge is 0.142 e. The minimum absolute atomic E-state index is 0.0240. The standard InChI is InChI=1S/C14H16ClFO2/c1-11(7-9-17-2)18-13-6-5-12(4-3-8-15)14(16)10-13/h5-6,10-11H,7-9H2,1-2H3. The maximum atomic E-state index is 13.6. The second-order valence-corrected chi connectivity index (χ2v) is 4.05. The highest BCUT2D eigenvalue weighted by molar-refractivity contribution is 6.19. The van der Waals surface area contributed by atoms with Crippen LogP contribution < -0.4 is 4.74 Å². The fraction of sp³-hybridized carbons (Fsp3) is 0.429. The van der Waals surface area contributed by atoms with Crippen molar-refractivity contribution in [2.24, 2.45) is 0 Å². The normalized spacial score (nSPS) is 11.6. The Balaban J connectivity index is 2.66. The molecule has 0 aliphatic heterocycles. The summed E-state index contributed by atoms with van der Waals surface area (Å²) < 4.78 is 24.1. The van der Waals surface area contributed by atoms with Crippen molar-refractivity contribution in [2.75, 3.05) is 19.6 Å². The van der Waals surface area contributed by atoms with Gasteiger partial charge in [0.05, 0.1) is 17.5 Å². The maximum absolute atomic E-state index is 13.6. The van der Waals surface area contributed by atoms with Crippen molar-refractivity contribution in [3.05, 3.63) is 29.6 Å². The van der Waals surface area contributed by atoms with Crippen molar-refractivity contribution in [2.45, 2.75) is 19.4 Å². The molecule has 0 bridgehead atoms. The first-order chi connectivity index (χ1) is 8.67. The summed E-state index contributed by atoms with van der Waals surface area (Å²) in [5.41, 5.74) is 0.326. The molecule has 0 saturated carbocycles. The van der Waals surface area contributed by atoms with Crippen molar-refractivity contribution < 1.29 is 13.9 Å². The van der Waals surface area contributed by atoms with Gasteiger partial charge in [0.1, 0.15) is 11.6 Å². The average molecular weight is 271 g/mol. The molecule has 0 fully saturated rings. The number of hydrogen-bond acceptors (Lipinski definition) is 2. The van der Waals surface area contributed by atoms with Crippen LogP contribution in [0.2, 0.25) is 0 Å². The van der Waals surface area contributed by atoms with Gasteiger partial charge in [0.25, 0.3) is 0 Å². The first-order valence-corrected chi connectivity index (χ1v) is 6.20. The number of methoxy groups -OCH3 is 1. The number of rotatable bonds is 5. The Hall–Kier alpha value is -1.24. The zero-order valence-electron chi connectivity index (χ0n) is 10.5. The maximum Gasteiger partial charge on any atom is 0.142 e. The third-order valence-electron chi connectivity index (χ3n) is 2.30. The molecular formula is C14H16ClFO2. The molecule has 4 heteroatoms. The lowest BCUT2D eigenvalue weighted by Gasteiger charge is -2.14. The number of alkyl halides is 1. The summed E-state index contributed by atoms with van der Waals surface area (Å²) >= 11 is 5.42. The molecule has 2 nitrogen and oxygen atoms in total. The third kappa shape index (κ3) is 4.95. The summed E-state index contributed by atoms with van der Waals surface area (Å²) in [5, 5.41) is 0. The van der Waals surface area contributed by atoms with E-state index in [1.165, 1.54) is 6.07 Å². The fourth-order valence-corrected chi connectivity index (χ4v) is 1.44.